The predicted molar refractivity (Wildman–Crippen MR) is 102 cm³/mol. The van der Waals surface area contributed by atoms with E-state index in [1.807, 2.05) is 0 Å². The van der Waals surface area contributed by atoms with Crippen molar-refractivity contribution >= 4 is 54.6 Å². The molecule has 12 heteroatoms. The SMILES string of the molecule is N#Cc1nn(S(=O)(=O)c2cc(I)c(O)c3ncccc23)c2nc[nH]c(=O)c12. The highest BCUT2D eigenvalue weighted by Gasteiger charge is 2.28. The highest BCUT2D eigenvalue weighted by molar-refractivity contribution is 14.1. The molecule has 2 N–H and O–H groups in total. The molecule has 0 bridgehead atoms. The Bertz CT molecular complexity index is 1450. The lowest BCUT2D eigenvalue weighted by molar-refractivity contribution is 0.476. The molecule has 3 heterocycles. The molecular weight excluding hydrogens is 487 g/mol. The monoisotopic (exact) mass is 494 g/mol. The Hall–Kier alpha value is -3.05. The number of nitrogens with one attached hydrogen (secondary N) is 1. The van der Waals surface area contributed by atoms with E-state index >= 15 is 0 Å². The van der Waals surface area contributed by atoms with E-state index in [9.17, 15) is 23.6 Å². The summed E-state index contributed by atoms with van der Waals surface area (Å²) in [6.45, 7) is 0. The first kappa shape index (κ1) is 17.4. The van der Waals surface area contributed by atoms with Gasteiger partial charge in [-0.15, -0.1) is 9.19 Å². The van der Waals surface area contributed by atoms with Crippen molar-refractivity contribution in [1.29, 1.82) is 5.26 Å². The number of aromatic amines is 1. The Morgan fingerprint density at radius 1 is 1.33 bits per heavy atom. The summed E-state index contributed by atoms with van der Waals surface area (Å²) in [7, 11) is -4.35. The molecule has 0 spiro atoms. The van der Waals surface area contributed by atoms with Crippen LogP contribution in [0.4, 0.5) is 0 Å². The zero-order valence-electron chi connectivity index (χ0n) is 13.1. The molecule has 1 aromatic carbocycles. The number of H-pyrrole nitrogens is 1. The van der Waals surface area contributed by atoms with Crippen LogP contribution in [-0.4, -0.2) is 37.7 Å². The minimum atomic E-state index is -4.35. The van der Waals surface area contributed by atoms with Gasteiger partial charge in [0.2, 0.25) is 0 Å². The molecule has 0 aliphatic rings. The highest BCUT2D eigenvalue weighted by Crippen LogP contribution is 2.34. The zero-order valence-corrected chi connectivity index (χ0v) is 16.1. The van der Waals surface area contributed by atoms with Crippen molar-refractivity contribution in [3.63, 3.8) is 0 Å². The number of aromatic nitrogens is 5. The molecule has 0 saturated carbocycles. The predicted octanol–water partition coefficient (Wildman–Crippen LogP) is 1.09. The number of pyridine rings is 1. The lowest BCUT2D eigenvalue weighted by Gasteiger charge is -2.10. The first-order chi connectivity index (χ1) is 12.9. The smallest absolute Gasteiger partial charge is 0.285 e. The number of hydrogen-bond acceptors (Lipinski definition) is 8. The standard InChI is InChI=1S/C15H7IN6O4S/c16-8-4-10(7-2-1-3-18-12(7)13(8)23)27(25,26)22-14-11(9(5-17)21-22)15(24)20-6-19-14/h1-4,6,23H,(H,19,20,24). The van der Waals surface area contributed by atoms with Crippen LogP contribution in [0.15, 0.2) is 40.4 Å². The molecule has 10 nitrogen and oxygen atoms in total. The van der Waals surface area contributed by atoms with Gasteiger partial charge in [-0.2, -0.15) is 13.7 Å². The van der Waals surface area contributed by atoms with E-state index < -0.39 is 15.6 Å². The summed E-state index contributed by atoms with van der Waals surface area (Å²) in [5.74, 6) is -0.150. The number of nitrogens with zero attached hydrogens (tertiary/aromatic N) is 5. The number of benzene rings is 1. The Balaban J connectivity index is 2.14. The molecule has 0 aliphatic heterocycles. The van der Waals surface area contributed by atoms with Gasteiger partial charge in [0.25, 0.3) is 15.6 Å². The molecule has 0 aliphatic carbocycles. The van der Waals surface area contributed by atoms with Crippen molar-refractivity contribution in [2.45, 2.75) is 4.90 Å². The van der Waals surface area contributed by atoms with Crippen molar-refractivity contribution in [3.05, 3.63) is 50.3 Å². The quantitative estimate of drug-likeness (QED) is 0.393. The molecule has 3 aromatic heterocycles. The highest BCUT2D eigenvalue weighted by atomic mass is 127. The number of aromatic hydroxyl groups is 1. The van der Waals surface area contributed by atoms with E-state index in [-0.39, 0.29) is 41.8 Å². The number of phenolic OH excluding ortho intramolecular Hbond substituents is 1. The van der Waals surface area contributed by atoms with Gasteiger partial charge in [-0.1, -0.05) is 0 Å². The summed E-state index contributed by atoms with van der Waals surface area (Å²) in [4.78, 5) is 22.0. The molecule has 0 saturated heterocycles. The molecule has 0 fully saturated rings. The lowest BCUT2D eigenvalue weighted by atomic mass is 10.2. The van der Waals surface area contributed by atoms with Crippen molar-refractivity contribution < 1.29 is 13.5 Å². The molecule has 0 radical (unpaired) electrons. The maximum atomic E-state index is 13.3. The van der Waals surface area contributed by atoms with Gasteiger partial charge in [-0.25, -0.2) is 4.98 Å². The van der Waals surface area contributed by atoms with E-state index in [0.29, 0.717) is 4.09 Å². The number of nitriles is 1. The first-order valence-electron chi connectivity index (χ1n) is 7.24. The molecule has 0 unspecified atom stereocenters. The Labute approximate surface area is 164 Å². The van der Waals surface area contributed by atoms with Gasteiger partial charge in [0, 0.05) is 11.6 Å². The van der Waals surface area contributed by atoms with Gasteiger partial charge >= 0.3 is 0 Å². The molecule has 4 rings (SSSR count). The Morgan fingerprint density at radius 3 is 2.85 bits per heavy atom. The van der Waals surface area contributed by atoms with Crippen LogP contribution in [0.3, 0.4) is 0 Å². The van der Waals surface area contributed by atoms with Crippen LogP contribution < -0.4 is 5.56 Å². The third-order valence-corrected chi connectivity index (χ3v) is 6.26. The second-order valence-corrected chi connectivity index (χ2v) is 8.24. The Kier molecular flexibility index (Phi) is 3.86. The Morgan fingerprint density at radius 2 is 2.11 bits per heavy atom. The summed E-state index contributed by atoms with van der Waals surface area (Å²) in [6.07, 6.45) is 2.45. The molecular formula is C15H7IN6O4S. The second kappa shape index (κ2) is 5.99. The van der Waals surface area contributed by atoms with E-state index in [0.717, 1.165) is 6.33 Å². The average molecular weight is 494 g/mol. The molecule has 4 aromatic rings. The van der Waals surface area contributed by atoms with E-state index in [2.05, 4.69) is 20.1 Å². The summed E-state index contributed by atoms with van der Waals surface area (Å²) in [5.41, 5.74) is -1.20. The average Bonchev–Trinajstić information content (AvgIpc) is 3.05. The fourth-order valence-electron chi connectivity index (χ4n) is 2.66. The zero-order chi connectivity index (χ0) is 19.3. The van der Waals surface area contributed by atoms with Crippen LogP contribution in [-0.2, 0) is 10.0 Å². The molecule has 0 amide bonds. The fraction of sp³-hybridized carbons (Fsp3) is 0. The fourth-order valence-corrected chi connectivity index (χ4v) is 4.89. The largest absolute Gasteiger partial charge is 0.505 e. The van der Waals surface area contributed by atoms with Crippen molar-refractivity contribution in [2.24, 2.45) is 0 Å². The third kappa shape index (κ3) is 2.46. The van der Waals surface area contributed by atoms with Gasteiger partial charge in [0.1, 0.15) is 21.9 Å². The molecule has 134 valence electrons. The maximum absolute atomic E-state index is 13.3. The first-order valence-corrected chi connectivity index (χ1v) is 9.76. The topological polar surface area (TPSA) is 155 Å². The van der Waals surface area contributed by atoms with Crippen LogP contribution >= 0.6 is 22.6 Å². The number of rotatable bonds is 2. The van der Waals surface area contributed by atoms with Gasteiger partial charge in [0.15, 0.2) is 17.1 Å². The summed E-state index contributed by atoms with van der Waals surface area (Å²) in [6, 6.07) is 5.98. The number of phenols is 1. The number of hydrogen-bond donors (Lipinski definition) is 2. The summed E-state index contributed by atoms with van der Waals surface area (Å²) >= 11 is 1.79. The maximum Gasteiger partial charge on any atom is 0.285 e. The van der Waals surface area contributed by atoms with E-state index in [1.165, 1.54) is 24.4 Å². The van der Waals surface area contributed by atoms with Gasteiger partial charge in [-0.3, -0.25) is 9.78 Å². The van der Waals surface area contributed by atoms with Crippen LogP contribution in [0.5, 0.6) is 5.75 Å². The second-order valence-electron chi connectivity index (χ2n) is 5.34. The van der Waals surface area contributed by atoms with Crippen molar-refractivity contribution in [2.75, 3.05) is 0 Å². The van der Waals surface area contributed by atoms with Gasteiger partial charge < -0.3 is 10.1 Å². The minimum Gasteiger partial charge on any atom is -0.505 e. The van der Waals surface area contributed by atoms with E-state index in [1.54, 1.807) is 28.7 Å². The van der Waals surface area contributed by atoms with Crippen molar-refractivity contribution in [3.8, 4) is 11.8 Å². The molecule has 0 atom stereocenters. The van der Waals surface area contributed by atoms with Gasteiger partial charge in [-0.05, 0) is 40.8 Å². The van der Waals surface area contributed by atoms with Crippen molar-refractivity contribution in [1.82, 2.24) is 24.1 Å². The summed E-state index contributed by atoms with van der Waals surface area (Å²) < 4.78 is 27.4. The van der Waals surface area contributed by atoms with Crippen LogP contribution in [0.2, 0.25) is 0 Å². The third-order valence-electron chi connectivity index (χ3n) is 3.83. The van der Waals surface area contributed by atoms with Crippen LogP contribution in [0.25, 0.3) is 21.9 Å². The minimum absolute atomic E-state index is 0.103. The van der Waals surface area contributed by atoms with Crippen LogP contribution in [0.1, 0.15) is 5.69 Å². The van der Waals surface area contributed by atoms with Gasteiger partial charge in [0.05, 0.1) is 9.90 Å². The lowest BCUT2D eigenvalue weighted by Crippen LogP contribution is -2.17. The molecule has 27 heavy (non-hydrogen) atoms. The van der Waals surface area contributed by atoms with Crippen LogP contribution in [0, 0.1) is 14.9 Å². The summed E-state index contributed by atoms with van der Waals surface area (Å²) in [5, 5.41) is 23.1. The van der Waals surface area contributed by atoms with E-state index in [4.69, 9.17) is 0 Å². The number of fused-ring (bicyclic) bond motifs is 2. The normalized spacial score (nSPS) is 11.7. The number of halogens is 1.